The summed E-state index contributed by atoms with van der Waals surface area (Å²) >= 11 is 1.29. The summed E-state index contributed by atoms with van der Waals surface area (Å²) in [5.41, 5.74) is 7.39. The number of amides is 1. The second kappa shape index (κ2) is 9.98. The van der Waals surface area contributed by atoms with Gasteiger partial charge >= 0.3 is 5.97 Å². The molecule has 6 N–H and O–H groups in total. The van der Waals surface area contributed by atoms with Gasteiger partial charge in [0.15, 0.2) is 10.8 Å². The van der Waals surface area contributed by atoms with Crippen molar-refractivity contribution >= 4 is 50.0 Å². The quantitative estimate of drug-likeness (QED) is 0.125. The monoisotopic (exact) mass is 561 g/mol. The van der Waals surface area contributed by atoms with Gasteiger partial charge in [0, 0.05) is 60.0 Å². The van der Waals surface area contributed by atoms with Crippen molar-refractivity contribution < 1.29 is 28.3 Å². The number of sulfonamides is 1. The van der Waals surface area contributed by atoms with Crippen LogP contribution in [0.4, 0.5) is 0 Å². The van der Waals surface area contributed by atoms with Gasteiger partial charge < -0.3 is 31.2 Å². The van der Waals surface area contributed by atoms with Crippen molar-refractivity contribution in [2.24, 2.45) is 10.9 Å². The van der Waals surface area contributed by atoms with Crippen LogP contribution in [-0.4, -0.2) is 87.3 Å². The van der Waals surface area contributed by atoms with E-state index >= 15 is 0 Å². The molecule has 0 aliphatic carbocycles. The molecule has 2 aromatic heterocycles. The largest absolute Gasteiger partial charge is 0.481 e. The molecular formula is C23H27N7O6S2. The molecule has 5 rings (SSSR count). The van der Waals surface area contributed by atoms with Gasteiger partial charge in [-0.3, -0.25) is 9.59 Å². The van der Waals surface area contributed by atoms with Crippen LogP contribution >= 0.6 is 11.3 Å². The molecule has 2 unspecified atom stereocenters. The number of fused-ring (bicyclic) bond motifs is 2. The number of carboxylic acid groups (broad SMARTS) is 1. The number of nitrogens with one attached hydrogen (secondary N) is 2. The number of rotatable bonds is 6. The number of aliphatic carboxylic acids is 1. The predicted octanol–water partition coefficient (Wildman–Crippen LogP) is 0.743. The first-order chi connectivity index (χ1) is 18.1. The minimum Gasteiger partial charge on any atom is -0.481 e. The van der Waals surface area contributed by atoms with E-state index in [-0.39, 0.29) is 47.5 Å². The van der Waals surface area contributed by atoms with Gasteiger partial charge in [-0.05, 0) is 19.1 Å². The summed E-state index contributed by atoms with van der Waals surface area (Å²) in [6.45, 7) is 2.52. The second-order valence-corrected chi connectivity index (χ2v) is 12.4. The summed E-state index contributed by atoms with van der Waals surface area (Å²) in [6.07, 6.45) is 0.298. The highest BCUT2D eigenvalue weighted by Crippen LogP contribution is 2.28. The number of oxime groups is 1. The highest BCUT2D eigenvalue weighted by Gasteiger charge is 2.39. The lowest BCUT2D eigenvalue weighted by atomic mass is 10.1. The number of aromatic amines is 1. The number of nitrogens with zero attached hydrogens (tertiary/aromatic N) is 4. The molecular weight excluding hydrogens is 534 g/mol. The summed E-state index contributed by atoms with van der Waals surface area (Å²) in [4.78, 5) is 34.8. The Hall–Kier alpha value is -3.53. The van der Waals surface area contributed by atoms with Crippen LogP contribution in [0.15, 0.2) is 34.4 Å². The van der Waals surface area contributed by atoms with Crippen molar-refractivity contribution in [2.75, 3.05) is 19.6 Å². The fourth-order valence-corrected chi connectivity index (χ4v) is 7.29. The zero-order valence-electron chi connectivity index (χ0n) is 20.4. The Morgan fingerprint density at radius 1 is 1.29 bits per heavy atom. The molecule has 15 heteroatoms. The smallest absolute Gasteiger partial charge is 0.305 e. The van der Waals surface area contributed by atoms with E-state index in [1.54, 1.807) is 18.2 Å². The van der Waals surface area contributed by atoms with Gasteiger partial charge in [0.05, 0.1) is 18.2 Å². The van der Waals surface area contributed by atoms with Crippen molar-refractivity contribution in [2.45, 2.75) is 43.4 Å². The zero-order chi connectivity index (χ0) is 27.2. The fourth-order valence-electron chi connectivity index (χ4n) is 4.81. The van der Waals surface area contributed by atoms with E-state index in [0.29, 0.717) is 29.4 Å². The summed E-state index contributed by atoms with van der Waals surface area (Å²) in [7, 11) is -4.04. The number of nitrogens with two attached hydrogens (primary N) is 1. The van der Waals surface area contributed by atoms with Gasteiger partial charge in [0.1, 0.15) is 5.03 Å². The lowest BCUT2D eigenvalue weighted by Crippen LogP contribution is -2.57. The molecule has 202 valence electrons. The highest BCUT2D eigenvalue weighted by atomic mass is 32.2. The van der Waals surface area contributed by atoms with Crippen molar-refractivity contribution in [3.63, 3.8) is 0 Å². The van der Waals surface area contributed by atoms with Crippen LogP contribution in [0.2, 0.25) is 0 Å². The SMILES string of the molecule is CC1Cc2nc(C(=O)N3CCN(S(=O)(=O)c4cc5ccc(/C(N)=N\O)cc5[nH]4)CC3CC(=O)O)sc2CN1. The summed E-state index contributed by atoms with van der Waals surface area (Å²) in [5.74, 6) is -1.64. The van der Waals surface area contributed by atoms with Gasteiger partial charge in [-0.2, -0.15) is 4.31 Å². The molecule has 4 heterocycles. The average Bonchev–Trinajstić information content (AvgIpc) is 3.51. The number of hydrogen-bond acceptors (Lipinski definition) is 9. The Morgan fingerprint density at radius 2 is 2.08 bits per heavy atom. The number of benzene rings is 1. The second-order valence-electron chi connectivity index (χ2n) is 9.41. The number of carbonyl (C=O) groups is 2. The minimum atomic E-state index is -4.04. The number of aromatic nitrogens is 2. The van der Waals surface area contributed by atoms with Gasteiger partial charge in [-0.1, -0.05) is 17.3 Å². The maximum Gasteiger partial charge on any atom is 0.305 e. The topological polar surface area (TPSA) is 194 Å². The number of hydrogen-bond donors (Lipinski definition) is 5. The molecule has 1 amide bonds. The van der Waals surface area contributed by atoms with Crippen molar-refractivity contribution in [1.82, 2.24) is 24.5 Å². The summed E-state index contributed by atoms with van der Waals surface area (Å²) < 4.78 is 28.2. The Bertz CT molecular complexity index is 1550. The van der Waals surface area contributed by atoms with Crippen LogP contribution in [0.5, 0.6) is 0 Å². The van der Waals surface area contributed by atoms with E-state index in [0.717, 1.165) is 10.6 Å². The Labute approximate surface area is 222 Å². The molecule has 1 fully saturated rings. The molecule has 3 aromatic rings. The third kappa shape index (κ3) is 4.84. The third-order valence-corrected chi connectivity index (χ3v) is 9.68. The number of carboxylic acids is 1. The van der Waals surface area contributed by atoms with Crippen molar-refractivity contribution in [3.05, 3.63) is 45.4 Å². The first-order valence-corrected chi connectivity index (χ1v) is 14.2. The van der Waals surface area contributed by atoms with Gasteiger partial charge in [0.2, 0.25) is 0 Å². The number of thiazole rings is 1. The van der Waals surface area contributed by atoms with E-state index in [1.165, 1.54) is 26.6 Å². The molecule has 1 aromatic carbocycles. The number of H-pyrrole nitrogens is 1. The standard InChI is InChI=1S/C23H27N7O6S2/c1-12-6-17-18(10-25-12)37-22(27-17)23(33)30-5-4-29(11-15(30)9-20(31)32)38(35,36)19-8-13-2-3-14(21(24)28-34)7-16(13)26-19/h2-3,7-8,12,15,25-26,34H,4-6,9-11H2,1H3,(H2,24,28)(H,31,32). The molecule has 0 radical (unpaired) electrons. The lowest BCUT2D eigenvalue weighted by molar-refractivity contribution is -0.138. The van der Waals surface area contributed by atoms with Crippen molar-refractivity contribution in [3.8, 4) is 0 Å². The number of piperazine rings is 1. The predicted molar refractivity (Wildman–Crippen MR) is 139 cm³/mol. The third-order valence-electron chi connectivity index (χ3n) is 6.81. The molecule has 0 bridgehead atoms. The molecule has 2 aliphatic rings. The van der Waals surface area contributed by atoms with Crippen molar-refractivity contribution in [1.29, 1.82) is 0 Å². The van der Waals surface area contributed by atoms with E-state index in [4.69, 9.17) is 10.9 Å². The van der Waals surface area contributed by atoms with Crippen LogP contribution in [0.3, 0.4) is 0 Å². The highest BCUT2D eigenvalue weighted by molar-refractivity contribution is 7.89. The molecule has 2 atom stereocenters. The summed E-state index contributed by atoms with van der Waals surface area (Å²) in [6, 6.07) is 5.67. The van der Waals surface area contributed by atoms with E-state index in [1.807, 2.05) is 6.92 Å². The van der Waals surface area contributed by atoms with E-state index in [9.17, 15) is 23.1 Å². The molecule has 0 saturated carbocycles. The molecule has 13 nitrogen and oxygen atoms in total. The normalized spacial score (nSPS) is 21.0. The number of carbonyl (C=O) groups excluding carboxylic acids is 1. The maximum atomic E-state index is 13.5. The van der Waals surface area contributed by atoms with E-state index < -0.39 is 28.5 Å². The Balaban J connectivity index is 1.39. The van der Waals surface area contributed by atoms with Crippen LogP contribution in [0.25, 0.3) is 10.9 Å². The van der Waals surface area contributed by atoms with Crippen LogP contribution in [0, 0.1) is 0 Å². The first-order valence-electron chi connectivity index (χ1n) is 11.9. The molecule has 0 spiro atoms. The fraction of sp³-hybridized carbons (Fsp3) is 0.391. The van der Waals surface area contributed by atoms with Gasteiger partial charge in [-0.25, -0.2) is 13.4 Å². The Kier molecular flexibility index (Phi) is 6.85. The average molecular weight is 562 g/mol. The van der Waals surface area contributed by atoms with Gasteiger partial charge in [-0.15, -0.1) is 11.3 Å². The Morgan fingerprint density at radius 3 is 2.82 bits per heavy atom. The van der Waals surface area contributed by atoms with Crippen LogP contribution in [0.1, 0.15) is 39.3 Å². The van der Waals surface area contributed by atoms with Crippen LogP contribution < -0.4 is 11.1 Å². The van der Waals surface area contributed by atoms with E-state index in [2.05, 4.69) is 20.4 Å². The summed E-state index contributed by atoms with van der Waals surface area (Å²) in [5, 5.41) is 25.5. The first kappa shape index (κ1) is 26.1. The number of amidine groups is 1. The maximum absolute atomic E-state index is 13.5. The zero-order valence-corrected chi connectivity index (χ0v) is 22.0. The van der Waals surface area contributed by atoms with Crippen LogP contribution in [-0.2, 0) is 27.8 Å². The lowest BCUT2D eigenvalue weighted by Gasteiger charge is -2.39. The molecule has 2 aliphatic heterocycles. The minimum absolute atomic E-state index is 0.00138. The van der Waals surface area contributed by atoms with Gasteiger partial charge in [0.25, 0.3) is 15.9 Å². The molecule has 38 heavy (non-hydrogen) atoms. The molecule has 1 saturated heterocycles.